The number of carbonyl (C=O) groups is 2. The molecule has 4 N–H and O–H groups in total. The minimum atomic E-state index is -0.697. The summed E-state index contributed by atoms with van der Waals surface area (Å²) in [6, 6.07) is 9.14. The third-order valence-electron chi connectivity index (χ3n) is 3.74. The second-order valence-corrected chi connectivity index (χ2v) is 5.69. The van der Waals surface area contributed by atoms with Gasteiger partial charge in [-0.25, -0.2) is 4.79 Å². The maximum Gasteiger partial charge on any atom is 0.315 e. The summed E-state index contributed by atoms with van der Waals surface area (Å²) in [5, 5.41) is 5.19. The SMILES string of the molecule is C[C@@H](NC(=O)NC[C@H]1CN(Cc2ccccc2)CCO1)C(N)=O. The van der Waals surface area contributed by atoms with Crippen molar-refractivity contribution in [3.63, 3.8) is 0 Å². The van der Waals surface area contributed by atoms with Crippen molar-refractivity contribution in [1.82, 2.24) is 15.5 Å². The molecule has 1 saturated heterocycles. The summed E-state index contributed by atoms with van der Waals surface area (Å²) in [4.78, 5) is 24.9. The van der Waals surface area contributed by atoms with Crippen molar-refractivity contribution in [2.75, 3.05) is 26.2 Å². The molecule has 1 heterocycles. The molecule has 1 aromatic rings. The van der Waals surface area contributed by atoms with Crippen molar-refractivity contribution >= 4 is 11.9 Å². The Bertz CT molecular complexity index is 523. The van der Waals surface area contributed by atoms with Gasteiger partial charge in [0.05, 0.1) is 12.7 Å². The van der Waals surface area contributed by atoms with Crippen LogP contribution in [-0.4, -0.2) is 55.2 Å². The van der Waals surface area contributed by atoms with Gasteiger partial charge in [0, 0.05) is 26.2 Å². The fraction of sp³-hybridized carbons (Fsp3) is 0.500. The van der Waals surface area contributed by atoms with E-state index in [1.54, 1.807) is 6.92 Å². The molecule has 0 radical (unpaired) electrons. The van der Waals surface area contributed by atoms with Gasteiger partial charge in [0.1, 0.15) is 6.04 Å². The fourth-order valence-corrected chi connectivity index (χ4v) is 2.41. The first-order valence-electron chi connectivity index (χ1n) is 7.76. The molecule has 23 heavy (non-hydrogen) atoms. The van der Waals surface area contributed by atoms with E-state index >= 15 is 0 Å². The summed E-state index contributed by atoms with van der Waals surface area (Å²) in [5.74, 6) is -0.567. The standard InChI is InChI=1S/C16H24N4O3/c1-12(15(17)21)19-16(22)18-9-14-11-20(7-8-23-14)10-13-5-3-2-4-6-13/h2-6,12,14H,7-11H2,1H3,(H2,17,21)(H2,18,19,22)/t12-,14+/m1/s1. The Morgan fingerprint density at radius 3 is 2.83 bits per heavy atom. The Labute approximate surface area is 136 Å². The van der Waals surface area contributed by atoms with Crippen LogP contribution in [0, 0.1) is 0 Å². The van der Waals surface area contributed by atoms with Crippen molar-refractivity contribution in [2.45, 2.75) is 25.6 Å². The Morgan fingerprint density at radius 1 is 1.39 bits per heavy atom. The van der Waals surface area contributed by atoms with Crippen LogP contribution in [0.5, 0.6) is 0 Å². The molecule has 126 valence electrons. The number of rotatable bonds is 6. The number of nitrogens with zero attached hydrogens (tertiary/aromatic N) is 1. The van der Waals surface area contributed by atoms with Crippen LogP contribution < -0.4 is 16.4 Å². The first-order chi connectivity index (χ1) is 11.0. The number of ether oxygens (including phenoxy) is 1. The number of amides is 3. The van der Waals surface area contributed by atoms with Crippen LogP contribution in [0.3, 0.4) is 0 Å². The first kappa shape index (κ1) is 17.2. The highest BCUT2D eigenvalue weighted by Crippen LogP contribution is 2.10. The molecule has 0 saturated carbocycles. The molecule has 0 bridgehead atoms. The van der Waals surface area contributed by atoms with Crippen molar-refractivity contribution in [3.8, 4) is 0 Å². The van der Waals surface area contributed by atoms with Crippen LogP contribution in [0.4, 0.5) is 4.79 Å². The average Bonchev–Trinajstić information content (AvgIpc) is 2.54. The van der Waals surface area contributed by atoms with Crippen LogP contribution in [0.2, 0.25) is 0 Å². The third-order valence-corrected chi connectivity index (χ3v) is 3.74. The zero-order valence-electron chi connectivity index (χ0n) is 13.3. The van der Waals surface area contributed by atoms with E-state index in [1.807, 2.05) is 18.2 Å². The number of hydrogen-bond acceptors (Lipinski definition) is 4. The second-order valence-electron chi connectivity index (χ2n) is 5.69. The monoisotopic (exact) mass is 320 g/mol. The predicted octanol–water partition coefficient (Wildman–Crippen LogP) is 0.0604. The zero-order chi connectivity index (χ0) is 16.7. The molecular formula is C16H24N4O3. The van der Waals surface area contributed by atoms with Gasteiger partial charge in [-0.2, -0.15) is 0 Å². The molecule has 0 spiro atoms. The van der Waals surface area contributed by atoms with E-state index in [1.165, 1.54) is 5.56 Å². The van der Waals surface area contributed by atoms with Crippen LogP contribution in [0.1, 0.15) is 12.5 Å². The molecule has 2 atom stereocenters. The number of nitrogens with two attached hydrogens (primary N) is 1. The Hall–Kier alpha value is -2.12. The van der Waals surface area contributed by atoms with E-state index < -0.39 is 18.0 Å². The highest BCUT2D eigenvalue weighted by Gasteiger charge is 2.21. The predicted molar refractivity (Wildman–Crippen MR) is 86.6 cm³/mol. The smallest absolute Gasteiger partial charge is 0.315 e. The minimum absolute atomic E-state index is 0.0675. The molecule has 0 unspecified atom stereocenters. The molecule has 0 aromatic heterocycles. The number of benzene rings is 1. The molecule has 1 aromatic carbocycles. The quantitative estimate of drug-likeness (QED) is 0.690. The zero-order valence-corrected chi connectivity index (χ0v) is 13.3. The minimum Gasteiger partial charge on any atom is -0.374 e. The topological polar surface area (TPSA) is 96.7 Å². The van der Waals surface area contributed by atoms with Gasteiger partial charge in [-0.15, -0.1) is 0 Å². The Balaban J connectivity index is 1.73. The molecule has 7 nitrogen and oxygen atoms in total. The molecule has 7 heteroatoms. The van der Waals surface area contributed by atoms with Gasteiger partial charge < -0.3 is 21.1 Å². The lowest BCUT2D eigenvalue weighted by atomic mass is 10.2. The van der Waals surface area contributed by atoms with Gasteiger partial charge in [-0.1, -0.05) is 30.3 Å². The summed E-state index contributed by atoms with van der Waals surface area (Å²) in [5.41, 5.74) is 6.36. The van der Waals surface area contributed by atoms with Gasteiger partial charge in [0.15, 0.2) is 0 Å². The summed E-state index contributed by atoms with van der Waals surface area (Å²) >= 11 is 0. The molecular weight excluding hydrogens is 296 g/mol. The third kappa shape index (κ3) is 5.88. The lowest BCUT2D eigenvalue weighted by Crippen LogP contribution is -2.51. The molecule has 2 rings (SSSR count). The fourth-order valence-electron chi connectivity index (χ4n) is 2.41. The van der Waals surface area contributed by atoms with E-state index in [9.17, 15) is 9.59 Å². The Morgan fingerprint density at radius 2 is 2.13 bits per heavy atom. The second kappa shape index (κ2) is 8.50. The van der Waals surface area contributed by atoms with Gasteiger partial charge in [-0.3, -0.25) is 9.69 Å². The van der Waals surface area contributed by atoms with Crippen molar-refractivity contribution in [1.29, 1.82) is 0 Å². The number of carbonyl (C=O) groups excluding carboxylic acids is 2. The van der Waals surface area contributed by atoms with Gasteiger partial charge >= 0.3 is 6.03 Å². The molecule has 0 aliphatic carbocycles. The largest absolute Gasteiger partial charge is 0.374 e. The molecule has 1 fully saturated rings. The van der Waals surface area contributed by atoms with Crippen LogP contribution >= 0.6 is 0 Å². The maximum absolute atomic E-state index is 11.7. The van der Waals surface area contributed by atoms with Crippen molar-refractivity contribution in [3.05, 3.63) is 35.9 Å². The van der Waals surface area contributed by atoms with Gasteiger partial charge in [0.2, 0.25) is 5.91 Å². The van der Waals surface area contributed by atoms with Gasteiger partial charge in [-0.05, 0) is 12.5 Å². The maximum atomic E-state index is 11.7. The number of hydrogen-bond donors (Lipinski definition) is 3. The van der Waals surface area contributed by atoms with Crippen LogP contribution in [0.25, 0.3) is 0 Å². The number of urea groups is 1. The summed E-state index contributed by atoms with van der Waals surface area (Å²) in [6.45, 7) is 5.06. The molecule has 1 aliphatic rings. The summed E-state index contributed by atoms with van der Waals surface area (Å²) < 4.78 is 5.67. The van der Waals surface area contributed by atoms with E-state index in [4.69, 9.17) is 10.5 Å². The lowest BCUT2D eigenvalue weighted by molar-refractivity contribution is -0.119. The van der Waals surface area contributed by atoms with Crippen molar-refractivity contribution < 1.29 is 14.3 Å². The normalized spacial score (nSPS) is 19.8. The van der Waals surface area contributed by atoms with E-state index in [2.05, 4.69) is 27.7 Å². The lowest BCUT2D eigenvalue weighted by Gasteiger charge is -2.33. The molecule has 3 amide bonds. The van der Waals surface area contributed by atoms with Crippen LogP contribution in [-0.2, 0) is 16.1 Å². The highest BCUT2D eigenvalue weighted by molar-refractivity contribution is 5.85. The number of primary amides is 1. The van der Waals surface area contributed by atoms with E-state index in [0.717, 1.165) is 19.6 Å². The highest BCUT2D eigenvalue weighted by atomic mass is 16.5. The molecule has 1 aliphatic heterocycles. The Kier molecular flexibility index (Phi) is 6.37. The van der Waals surface area contributed by atoms with Crippen LogP contribution in [0.15, 0.2) is 30.3 Å². The average molecular weight is 320 g/mol. The first-order valence-corrected chi connectivity index (χ1v) is 7.76. The number of nitrogens with one attached hydrogen (secondary N) is 2. The van der Waals surface area contributed by atoms with E-state index in [-0.39, 0.29) is 6.10 Å². The summed E-state index contributed by atoms with van der Waals surface area (Å²) in [6.07, 6.45) is -0.0675. The van der Waals surface area contributed by atoms with E-state index in [0.29, 0.717) is 13.2 Å². The number of morpholine rings is 1. The van der Waals surface area contributed by atoms with Gasteiger partial charge in [0.25, 0.3) is 0 Å². The summed E-state index contributed by atoms with van der Waals surface area (Å²) in [7, 11) is 0. The van der Waals surface area contributed by atoms with Crippen molar-refractivity contribution in [2.24, 2.45) is 5.73 Å².